The van der Waals surface area contributed by atoms with Crippen LogP contribution in [0, 0.1) is 0 Å². The average Bonchev–Trinajstić information content (AvgIpc) is 2.61. The summed E-state index contributed by atoms with van der Waals surface area (Å²) < 4.78 is 10.9. The number of quaternary nitrogens is 1. The van der Waals surface area contributed by atoms with Crippen molar-refractivity contribution in [1.29, 1.82) is 0 Å². The smallest absolute Gasteiger partial charge is 0.411 e. The van der Waals surface area contributed by atoms with Gasteiger partial charge >= 0.3 is 6.09 Å². The summed E-state index contributed by atoms with van der Waals surface area (Å²) in [5, 5.41) is 2.72. The molecule has 0 saturated carbocycles. The van der Waals surface area contributed by atoms with Crippen molar-refractivity contribution in [3.05, 3.63) is 24.3 Å². The van der Waals surface area contributed by atoms with E-state index in [0.29, 0.717) is 12.3 Å². The third kappa shape index (κ3) is 14.3. The van der Waals surface area contributed by atoms with Crippen LogP contribution in [0.3, 0.4) is 0 Å². The van der Waals surface area contributed by atoms with Gasteiger partial charge in [-0.1, -0.05) is 51.9 Å². The lowest BCUT2D eigenvalue weighted by Gasteiger charge is -2.10. The molecular weight excluding hydrogens is 364 g/mol. The second-order valence-corrected chi connectivity index (χ2v) is 7.07. The number of nitrogens with one attached hydrogen (secondary N) is 2. The van der Waals surface area contributed by atoms with Crippen molar-refractivity contribution in [1.82, 2.24) is 0 Å². The zero-order chi connectivity index (χ0) is 19.0. The van der Waals surface area contributed by atoms with Crippen molar-refractivity contribution in [2.45, 2.75) is 58.3 Å². The Morgan fingerprint density at radius 2 is 1.52 bits per heavy atom. The fourth-order valence-corrected chi connectivity index (χ4v) is 2.56. The first-order chi connectivity index (χ1) is 12.6. The number of carbonyl (C=O) groups is 1. The van der Waals surface area contributed by atoms with Crippen LogP contribution in [0.25, 0.3) is 0 Å². The Kier molecular flexibility index (Phi) is 15.8. The van der Waals surface area contributed by atoms with Crippen LogP contribution in [-0.4, -0.2) is 39.9 Å². The maximum atomic E-state index is 11.7. The van der Waals surface area contributed by atoms with Crippen LogP contribution in [0.2, 0.25) is 0 Å². The standard InChI is InChI=1S/C21H36N2O3.ClH/c1-4-5-6-7-8-9-10-11-17-25-20-14-12-19(13-15-20)22-21(24)26-18-16-23(2)3;/h12-15H,4-11,16-18H2,1-3H3,(H,22,24);1H. The van der Waals surface area contributed by atoms with E-state index in [9.17, 15) is 4.79 Å². The van der Waals surface area contributed by atoms with Crippen LogP contribution in [0.5, 0.6) is 5.75 Å². The number of halogens is 1. The highest BCUT2D eigenvalue weighted by Crippen LogP contribution is 2.16. The molecule has 0 atom stereocenters. The van der Waals surface area contributed by atoms with Crippen LogP contribution in [-0.2, 0) is 4.74 Å². The summed E-state index contributed by atoms with van der Waals surface area (Å²) in [6.45, 7) is 4.20. The Hall–Kier alpha value is -1.46. The van der Waals surface area contributed by atoms with E-state index in [1.165, 1.54) is 49.8 Å². The number of hydrogen-bond donors (Lipinski definition) is 2. The molecule has 0 radical (unpaired) electrons. The van der Waals surface area contributed by atoms with E-state index in [4.69, 9.17) is 9.47 Å². The number of benzene rings is 1. The summed E-state index contributed by atoms with van der Waals surface area (Å²) in [4.78, 5) is 12.9. The third-order valence-corrected chi connectivity index (χ3v) is 4.20. The lowest BCUT2D eigenvalue weighted by Crippen LogP contribution is -3.06. The topological polar surface area (TPSA) is 52.0 Å². The van der Waals surface area contributed by atoms with Gasteiger partial charge in [0.25, 0.3) is 0 Å². The normalized spacial score (nSPS) is 10.4. The van der Waals surface area contributed by atoms with Gasteiger partial charge in [-0.15, -0.1) is 0 Å². The summed E-state index contributed by atoms with van der Waals surface area (Å²) in [5.74, 6) is 0.836. The number of unbranched alkanes of at least 4 members (excludes halogenated alkanes) is 7. The Balaban J connectivity index is 0.00000676. The highest BCUT2D eigenvalue weighted by molar-refractivity contribution is 5.84. The van der Waals surface area contributed by atoms with E-state index in [-0.39, 0.29) is 12.4 Å². The number of ether oxygens (including phenoxy) is 2. The lowest BCUT2D eigenvalue weighted by molar-refractivity contribution is -0.858. The predicted octanol–water partition coefficient (Wildman–Crippen LogP) is 0.903. The van der Waals surface area contributed by atoms with Gasteiger partial charge in [0, 0.05) is 5.69 Å². The third-order valence-electron chi connectivity index (χ3n) is 4.20. The Morgan fingerprint density at radius 3 is 2.11 bits per heavy atom. The monoisotopic (exact) mass is 400 g/mol. The van der Waals surface area contributed by atoms with Gasteiger partial charge in [-0.2, -0.15) is 0 Å². The van der Waals surface area contributed by atoms with Gasteiger partial charge in [0.1, 0.15) is 18.9 Å². The average molecular weight is 401 g/mol. The summed E-state index contributed by atoms with van der Waals surface area (Å²) in [7, 11) is 4.04. The van der Waals surface area contributed by atoms with Crippen LogP contribution < -0.4 is 27.4 Å². The predicted molar refractivity (Wildman–Crippen MR) is 107 cm³/mol. The van der Waals surface area contributed by atoms with E-state index in [1.807, 2.05) is 38.4 Å². The molecule has 0 spiro atoms. The maximum Gasteiger partial charge on any atom is 0.411 e. The largest absolute Gasteiger partial charge is 1.00 e. The molecular formula is C21H37ClN2O3. The second kappa shape index (κ2) is 16.7. The SMILES string of the molecule is CCCCCCCCCCOc1ccc(NC(=O)OCC[NH+](C)C)cc1.[Cl-]. The minimum atomic E-state index is -0.418. The fourth-order valence-electron chi connectivity index (χ4n) is 2.56. The van der Waals surface area contributed by atoms with Gasteiger partial charge in [0.2, 0.25) is 0 Å². The molecule has 156 valence electrons. The van der Waals surface area contributed by atoms with E-state index in [2.05, 4.69) is 12.2 Å². The van der Waals surface area contributed by atoms with Crippen LogP contribution in [0.15, 0.2) is 24.3 Å². The maximum absolute atomic E-state index is 11.7. The van der Waals surface area contributed by atoms with Crippen molar-refractivity contribution in [3.8, 4) is 5.75 Å². The Morgan fingerprint density at radius 1 is 0.926 bits per heavy atom. The molecule has 5 nitrogen and oxygen atoms in total. The zero-order valence-electron chi connectivity index (χ0n) is 17.2. The first-order valence-corrected chi connectivity index (χ1v) is 10.1. The summed E-state index contributed by atoms with van der Waals surface area (Å²) >= 11 is 0. The van der Waals surface area contributed by atoms with Gasteiger partial charge in [-0.25, -0.2) is 4.79 Å². The second-order valence-electron chi connectivity index (χ2n) is 7.07. The van der Waals surface area contributed by atoms with Gasteiger partial charge in [0.05, 0.1) is 20.7 Å². The van der Waals surface area contributed by atoms with Gasteiger partial charge < -0.3 is 26.8 Å². The van der Waals surface area contributed by atoms with Crippen molar-refractivity contribution in [2.24, 2.45) is 0 Å². The van der Waals surface area contributed by atoms with Crippen LogP contribution in [0.4, 0.5) is 10.5 Å². The first kappa shape index (κ1) is 25.5. The molecule has 0 aromatic heterocycles. The number of amides is 1. The lowest BCUT2D eigenvalue weighted by atomic mass is 10.1. The number of hydrogen-bond acceptors (Lipinski definition) is 3. The molecule has 0 unspecified atom stereocenters. The summed E-state index contributed by atoms with van der Waals surface area (Å²) in [6, 6.07) is 7.43. The van der Waals surface area contributed by atoms with Gasteiger partial charge in [-0.05, 0) is 30.7 Å². The molecule has 1 rings (SSSR count). The number of rotatable bonds is 14. The summed E-state index contributed by atoms with van der Waals surface area (Å²) in [5.41, 5.74) is 0.714. The van der Waals surface area contributed by atoms with Crippen molar-refractivity contribution >= 4 is 11.8 Å². The van der Waals surface area contributed by atoms with E-state index in [0.717, 1.165) is 25.3 Å². The quantitative estimate of drug-likeness (QED) is 0.456. The molecule has 6 heteroatoms. The van der Waals surface area contributed by atoms with Crippen LogP contribution in [0.1, 0.15) is 58.3 Å². The van der Waals surface area contributed by atoms with Gasteiger partial charge in [-0.3, -0.25) is 5.32 Å². The molecule has 1 aromatic carbocycles. The van der Waals surface area contributed by atoms with E-state index >= 15 is 0 Å². The minimum absolute atomic E-state index is 0. The molecule has 1 amide bonds. The Bertz CT molecular complexity index is 481. The molecule has 27 heavy (non-hydrogen) atoms. The van der Waals surface area contributed by atoms with Crippen molar-refractivity contribution < 1.29 is 31.6 Å². The highest BCUT2D eigenvalue weighted by atomic mass is 35.5. The number of carbonyl (C=O) groups excluding carboxylic acids is 1. The molecule has 2 N–H and O–H groups in total. The van der Waals surface area contributed by atoms with Crippen LogP contribution >= 0.6 is 0 Å². The summed E-state index contributed by atoms with van der Waals surface area (Å²) in [6.07, 6.45) is 9.95. The van der Waals surface area contributed by atoms with Crippen molar-refractivity contribution in [3.63, 3.8) is 0 Å². The number of likely N-dealkylation sites (N-methyl/N-ethyl adjacent to an activating group) is 1. The van der Waals surface area contributed by atoms with Gasteiger partial charge in [0.15, 0.2) is 0 Å². The van der Waals surface area contributed by atoms with Crippen molar-refractivity contribution in [2.75, 3.05) is 39.2 Å². The molecule has 1 aromatic rings. The van der Waals surface area contributed by atoms with E-state index < -0.39 is 6.09 Å². The molecule has 0 saturated heterocycles. The number of anilines is 1. The molecule has 0 aliphatic carbocycles. The molecule has 0 fully saturated rings. The minimum Gasteiger partial charge on any atom is -1.00 e. The van der Waals surface area contributed by atoms with E-state index in [1.54, 1.807) is 0 Å². The molecule has 0 aliphatic rings. The zero-order valence-corrected chi connectivity index (χ0v) is 17.9. The Labute approximate surface area is 171 Å². The highest BCUT2D eigenvalue weighted by Gasteiger charge is 2.04. The first-order valence-electron chi connectivity index (χ1n) is 10.1. The molecule has 0 heterocycles. The fraction of sp³-hybridized carbons (Fsp3) is 0.667. The molecule has 0 aliphatic heterocycles. The molecule has 0 bridgehead atoms.